The first kappa shape index (κ1) is 16.2. The van der Waals surface area contributed by atoms with E-state index in [0.29, 0.717) is 11.1 Å². The molecule has 0 aliphatic rings. The fraction of sp³-hybridized carbons (Fsp3) is 0.111. The number of hydrogen-bond acceptors (Lipinski definition) is 4. The van der Waals surface area contributed by atoms with Crippen LogP contribution in [-0.4, -0.2) is 14.1 Å². The molecule has 1 heterocycles. The molecule has 2 aromatic carbocycles. The lowest BCUT2D eigenvalue weighted by Gasteiger charge is -2.01. The molecular formula is C18H14N4O3. The van der Waals surface area contributed by atoms with Crippen molar-refractivity contribution in [3.05, 3.63) is 74.2 Å². The molecule has 0 unspecified atom stereocenters. The van der Waals surface area contributed by atoms with Crippen molar-refractivity contribution in [1.82, 2.24) is 9.13 Å². The van der Waals surface area contributed by atoms with Crippen molar-refractivity contribution in [2.24, 2.45) is 14.1 Å². The van der Waals surface area contributed by atoms with Crippen LogP contribution in [0.15, 0.2) is 47.3 Å². The monoisotopic (exact) mass is 334 g/mol. The highest BCUT2D eigenvalue weighted by Gasteiger charge is 2.09. The zero-order valence-electron chi connectivity index (χ0n) is 13.6. The molecule has 0 radical (unpaired) electrons. The summed E-state index contributed by atoms with van der Waals surface area (Å²) >= 11 is 0. The van der Waals surface area contributed by atoms with Gasteiger partial charge in [-0.25, -0.2) is 4.79 Å². The zero-order valence-corrected chi connectivity index (χ0v) is 13.6. The van der Waals surface area contributed by atoms with Crippen LogP contribution in [0.2, 0.25) is 0 Å². The Balaban J connectivity index is 2.07. The maximum atomic E-state index is 12.0. The van der Waals surface area contributed by atoms with Crippen LogP contribution in [-0.2, 0) is 14.1 Å². The highest BCUT2D eigenvalue weighted by Crippen LogP contribution is 2.22. The summed E-state index contributed by atoms with van der Waals surface area (Å²) in [6.07, 6.45) is 1.69. The van der Waals surface area contributed by atoms with Crippen LogP contribution in [0.3, 0.4) is 0 Å². The van der Waals surface area contributed by atoms with Gasteiger partial charge in [0.2, 0.25) is 0 Å². The van der Waals surface area contributed by atoms with Crippen molar-refractivity contribution in [2.45, 2.75) is 0 Å². The van der Waals surface area contributed by atoms with Crippen molar-refractivity contribution in [1.29, 1.82) is 5.26 Å². The summed E-state index contributed by atoms with van der Waals surface area (Å²) < 4.78 is 3.11. The van der Waals surface area contributed by atoms with E-state index in [1.165, 1.54) is 12.1 Å². The van der Waals surface area contributed by atoms with E-state index < -0.39 is 4.92 Å². The number of non-ortho nitro benzene ring substituents is 1. The van der Waals surface area contributed by atoms with Gasteiger partial charge in [-0.2, -0.15) is 5.26 Å². The predicted molar refractivity (Wildman–Crippen MR) is 94.7 cm³/mol. The van der Waals surface area contributed by atoms with Gasteiger partial charge in [-0.1, -0.05) is 6.07 Å². The standard InChI is InChI=1S/C18H14N4O3/c1-20-16-8-3-12(10-17(16)21(2)18(20)23)9-14(11-19)13-4-6-15(7-5-13)22(24)25/h3-10H,1-2H3. The van der Waals surface area contributed by atoms with Gasteiger partial charge in [-0.15, -0.1) is 0 Å². The quantitative estimate of drug-likeness (QED) is 0.318. The van der Waals surface area contributed by atoms with Crippen LogP contribution in [0.25, 0.3) is 22.7 Å². The zero-order chi connectivity index (χ0) is 18.1. The smallest absolute Gasteiger partial charge is 0.295 e. The summed E-state index contributed by atoms with van der Waals surface area (Å²) in [7, 11) is 3.40. The van der Waals surface area contributed by atoms with Gasteiger partial charge in [-0.05, 0) is 41.5 Å². The van der Waals surface area contributed by atoms with Gasteiger partial charge >= 0.3 is 5.69 Å². The van der Waals surface area contributed by atoms with Crippen LogP contribution < -0.4 is 5.69 Å². The Morgan fingerprint density at radius 3 is 2.36 bits per heavy atom. The van der Waals surface area contributed by atoms with Crippen molar-refractivity contribution < 1.29 is 4.92 Å². The predicted octanol–water partition coefficient (Wildman–Crippen LogP) is 2.85. The van der Waals surface area contributed by atoms with Gasteiger partial charge < -0.3 is 0 Å². The van der Waals surface area contributed by atoms with Crippen LogP contribution in [0.1, 0.15) is 11.1 Å². The summed E-state index contributed by atoms with van der Waals surface area (Å²) in [6.45, 7) is 0. The Hall–Kier alpha value is -3.66. The van der Waals surface area contributed by atoms with Gasteiger partial charge in [0.25, 0.3) is 5.69 Å². The number of allylic oxidation sites excluding steroid dienone is 1. The second-order valence-electron chi connectivity index (χ2n) is 5.62. The first-order chi connectivity index (χ1) is 11.9. The molecule has 0 saturated heterocycles. The Labute approximate surface area is 142 Å². The summed E-state index contributed by atoms with van der Waals surface area (Å²) in [6, 6.07) is 13.4. The highest BCUT2D eigenvalue weighted by molar-refractivity contribution is 5.91. The summed E-state index contributed by atoms with van der Waals surface area (Å²) in [5, 5.41) is 20.1. The van der Waals surface area contributed by atoms with Crippen LogP contribution >= 0.6 is 0 Å². The molecule has 3 rings (SSSR count). The fourth-order valence-electron chi connectivity index (χ4n) is 2.72. The lowest BCUT2D eigenvalue weighted by molar-refractivity contribution is -0.384. The number of nitrogens with zero attached hydrogens (tertiary/aromatic N) is 4. The molecule has 0 fully saturated rings. The second-order valence-corrected chi connectivity index (χ2v) is 5.62. The molecule has 0 amide bonds. The Morgan fingerprint density at radius 1 is 1.12 bits per heavy atom. The number of aryl methyl sites for hydroxylation is 2. The highest BCUT2D eigenvalue weighted by atomic mass is 16.6. The Morgan fingerprint density at radius 2 is 1.76 bits per heavy atom. The normalized spacial score (nSPS) is 11.5. The SMILES string of the molecule is Cn1c(=O)n(C)c2cc(C=C(C#N)c3ccc([N+](=O)[O-])cc3)ccc21. The summed E-state index contributed by atoms with van der Waals surface area (Å²) in [4.78, 5) is 22.2. The molecule has 0 aliphatic carbocycles. The third kappa shape index (κ3) is 2.81. The average Bonchev–Trinajstić information content (AvgIpc) is 2.84. The lowest BCUT2D eigenvalue weighted by Crippen LogP contribution is -2.19. The van der Waals surface area contributed by atoms with Gasteiger partial charge in [-0.3, -0.25) is 19.2 Å². The number of nitro groups is 1. The lowest BCUT2D eigenvalue weighted by atomic mass is 10.0. The third-order valence-corrected chi connectivity index (χ3v) is 4.12. The molecule has 0 bridgehead atoms. The molecule has 3 aromatic rings. The van der Waals surface area contributed by atoms with E-state index in [2.05, 4.69) is 6.07 Å². The van der Waals surface area contributed by atoms with E-state index in [0.717, 1.165) is 16.6 Å². The van der Waals surface area contributed by atoms with E-state index in [9.17, 15) is 20.2 Å². The van der Waals surface area contributed by atoms with Crippen LogP contribution in [0, 0.1) is 21.4 Å². The summed E-state index contributed by atoms with van der Waals surface area (Å²) in [5.74, 6) is 0. The first-order valence-electron chi connectivity index (χ1n) is 7.44. The maximum Gasteiger partial charge on any atom is 0.328 e. The van der Waals surface area contributed by atoms with Gasteiger partial charge in [0.15, 0.2) is 0 Å². The first-order valence-corrected chi connectivity index (χ1v) is 7.44. The molecule has 124 valence electrons. The van der Waals surface area contributed by atoms with E-state index in [1.807, 2.05) is 18.2 Å². The van der Waals surface area contributed by atoms with Gasteiger partial charge in [0, 0.05) is 26.2 Å². The minimum atomic E-state index is -0.483. The number of benzene rings is 2. The van der Waals surface area contributed by atoms with E-state index in [-0.39, 0.29) is 11.4 Å². The van der Waals surface area contributed by atoms with Crippen molar-refractivity contribution >= 4 is 28.4 Å². The molecule has 0 spiro atoms. The number of imidazole rings is 1. The number of nitro benzene ring substituents is 1. The molecule has 0 saturated carbocycles. The largest absolute Gasteiger partial charge is 0.328 e. The summed E-state index contributed by atoms with van der Waals surface area (Å²) in [5.41, 5.74) is 3.17. The van der Waals surface area contributed by atoms with Gasteiger partial charge in [0.1, 0.15) is 0 Å². The van der Waals surface area contributed by atoms with Crippen molar-refractivity contribution in [3.8, 4) is 6.07 Å². The number of fused-ring (bicyclic) bond motifs is 1. The van der Waals surface area contributed by atoms with E-state index in [4.69, 9.17) is 0 Å². The number of nitriles is 1. The van der Waals surface area contributed by atoms with E-state index >= 15 is 0 Å². The van der Waals surface area contributed by atoms with Crippen LogP contribution in [0.5, 0.6) is 0 Å². The van der Waals surface area contributed by atoms with Gasteiger partial charge in [0.05, 0.1) is 27.6 Å². The molecule has 25 heavy (non-hydrogen) atoms. The molecule has 0 N–H and O–H groups in total. The molecule has 0 atom stereocenters. The Bertz CT molecular complexity index is 1110. The number of rotatable bonds is 3. The number of hydrogen-bond donors (Lipinski definition) is 0. The topological polar surface area (TPSA) is 93.9 Å². The molecule has 7 nitrogen and oxygen atoms in total. The third-order valence-electron chi connectivity index (χ3n) is 4.12. The Kier molecular flexibility index (Phi) is 3.95. The maximum absolute atomic E-state index is 12.0. The van der Waals surface area contributed by atoms with Crippen molar-refractivity contribution in [3.63, 3.8) is 0 Å². The second kappa shape index (κ2) is 6.09. The minimum absolute atomic E-state index is 0.0262. The van der Waals surface area contributed by atoms with Crippen LogP contribution in [0.4, 0.5) is 5.69 Å². The average molecular weight is 334 g/mol. The van der Waals surface area contributed by atoms with Crippen molar-refractivity contribution in [2.75, 3.05) is 0 Å². The molecular weight excluding hydrogens is 320 g/mol. The molecule has 0 aliphatic heterocycles. The molecule has 1 aromatic heterocycles. The minimum Gasteiger partial charge on any atom is -0.295 e. The number of aromatic nitrogens is 2. The molecule has 7 heteroatoms. The fourth-order valence-corrected chi connectivity index (χ4v) is 2.72. The van der Waals surface area contributed by atoms with E-state index in [1.54, 1.807) is 41.4 Å².